The van der Waals surface area contributed by atoms with Crippen LogP contribution in [0.5, 0.6) is 0 Å². The molecule has 0 aliphatic heterocycles. The van der Waals surface area contributed by atoms with Crippen LogP contribution in [0.4, 0.5) is 13.2 Å². The average Bonchev–Trinajstić information content (AvgIpc) is 2.44. The summed E-state index contributed by atoms with van der Waals surface area (Å²) in [6.45, 7) is 5.09. The highest BCUT2D eigenvalue weighted by Crippen LogP contribution is 2.30. The maximum atomic E-state index is 12.6. The molecular formula is C15H22F3NOS. The summed E-state index contributed by atoms with van der Waals surface area (Å²) < 4.78 is 49.8. The maximum Gasteiger partial charge on any atom is 0.416 e. The standard InChI is InChI=1S/C15H22F3NOS/c1-3-9-19-12(2)6-5-10-21(20)14-8-4-7-13(11-14)15(16,17)18/h4,7-8,11-12,19H,3,5-6,9-10H2,1-2H3. The van der Waals surface area contributed by atoms with Crippen molar-refractivity contribution < 1.29 is 17.4 Å². The second kappa shape index (κ2) is 8.54. The Kier molecular flexibility index (Phi) is 7.39. The molecule has 0 aliphatic rings. The summed E-state index contributed by atoms with van der Waals surface area (Å²) in [6.07, 6.45) is -1.75. The predicted octanol–water partition coefficient (Wildman–Crippen LogP) is 3.98. The van der Waals surface area contributed by atoms with Crippen LogP contribution in [-0.4, -0.2) is 22.5 Å². The van der Waals surface area contributed by atoms with Gasteiger partial charge < -0.3 is 5.32 Å². The normalized spacial score (nSPS) is 14.9. The number of alkyl halides is 3. The Labute approximate surface area is 126 Å². The van der Waals surface area contributed by atoms with Crippen molar-refractivity contribution in [3.63, 3.8) is 0 Å². The molecule has 6 heteroatoms. The van der Waals surface area contributed by atoms with Gasteiger partial charge in [0.2, 0.25) is 0 Å². The van der Waals surface area contributed by atoms with Crippen molar-refractivity contribution in [2.45, 2.75) is 50.2 Å². The van der Waals surface area contributed by atoms with Gasteiger partial charge in [-0.2, -0.15) is 13.2 Å². The monoisotopic (exact) mass is 321 g/mol. The van der Waals surface area contributed by atoms with E-state index in [1.54, 1.807) is 0 Å². The molecule has 1 aromatic rings. The lowest BCUT2D eigenvalue weighted by atomic mass is 10.2. The number of hydrogen-bond acceptors (Lipinski definition) is 2. The van der Waals surface area contributed by atoms with Gasteiger partial charge in [-0.3, -0.25) is 4.21 Å². The zero-order valence-electron chi connectivity index (χ0n) is 12.4. The Morgan fingerprint density at radius 2 is 2.05 bits per heavy atom. The molecule has 2 atom stereocenters. The van der Waals surface area contributed by atoms with E-state index in [2.05, 4.69) is 19.2 Å². The van der Waals surface area contributed by atoms with Crippen LogP contribution < -0.4 is 5.32 Å². The van der Waals surface area contributed by atoms with Crippen LogP contribution >= 0.6 is 0 Å². The molecule has 120 valence electrons. The first kappa shape index (κ1) is 18.2. The molecule has 0 saturated heterocycles. The summed E-state index contributed by atoms with van der Waals surface area (Å²) in [5.74, 6) is 0.388. The van der Waals surface area contributed by atoms with Gasteiger partial charge in [0, 0.05) is 16.7 Å². The zero-order chi connectivity index (χ0) is 15.9. The van der Waals surface area contributed by atoms with Gasteiger partial charge in [-0.05, 0) is 50.9 Å². The highest BCUT2D eigenvalue weighted by atomic mass is 32.2. The van der Waals surface area contributed by atoms with E-state index in [0.717, 1.165) is 37.9 Å². The Bertz CT molecular complexity index is 462. The summed E-state index contributed by atoms with van der Waals surface area (Å²) >= 11 is 0. The summed E-state index contributed by atoms with van der Waals surface area (Å²) in [5, 5.41) is 3.33. The van der Waals surface area contributed by atoms with Crippen LogP contribution in [0.25, 0.3) is 0 Å². The predicted molar refractivity (Wildman–Crippen MR) is 79.7 cm³/mol. The highest BCUT2D eigenvalue weighted by Gasteiger charge is 2.30. The van der Waals surface area contributed by atoms with Gasteiger partial charge in [0.05, 0.1) is 16.4 Å². The van der Waals surface area contributed by atoms with Crippen LogP contribution in [0.15, 0.2) is 29.2 Å². The quantitative estimate of drug-likeness (QED) is 0.784. The molecule has 0 saturated carbocycles. The molecule has 1 rings (SSSR count). The van der Waals surface area contributed by atoms with E-state index in [1.165, 1.54) is 12.1 Å². The molecule has 0 fully saturated rings. The van der Waals surface area contributed by atoms with Crippen molar-refractivity contribution in [2.24, 2.45) is 0 Å². The second-order valence-electron chi connectivity index (χ2n) is 5.07. The van der Waals surface area contributed by atoms with Crippen molar-refractivity contribution >= 4 is 10.8 Å². The van der Waals surface area contributed by atoms with Gasteiger partial charge in [-0.1, -0.05) is 13.0 Å². The lowest BCUT2D eigenvalue weighted by Gasteiger charge is -2.13. The van der Waals surface area contributed by atoms with E-state index in [0.29, 0.717) is 11.8 Å². The van der Waals surface area contributed by atoms with E-state index in [-0.39, 0.29) is 4.90 Å². The minimum atomic E-state index is -4.39. The van der Waals surface area contributed by atoms with Gasteiger partial charge in [0.25, 0.3) is 0 Å². The summed E-state index contributed by atoms with van der Waals surface area (Å²) in [5.41, 5.74) is -0.744. The fourth-order valence-corrected chi connectivity index (χ4v) is 3.10. The van der Waals surface area contributed by atoms with Crippen molar-refractivity contribution in [2.75, 3.05) is 12.3 Å². The SMILES string of the molecule is CCCNC(C)CCCS(=O)c1cccc(C(F)(F)F)c1. The van der Waals surface area contributed by atoms with Gasteiger partial charge in [-0.25, -0.2) is 0 Å². The average molecular weight is 321 g/mol. The fourth-order valence-electron chi connectivity index (χ4n) is 1.95. The molecule has 0 heterocycles. The van der Waals surface area contributed by atoms with E-state index < -0.39 is 22.5 Å². The van der Waals surface area contributed by atoms with Crippen molar-refractivity contribution in [3.8, 4) is 0 Å². The first-order chi connectivity index (χ1) is 9.84. The number of halogens is 3. The molecule has 2 unspecified atom stereocenters. The van der Waals surface area contributed by atoms with Crippen LogP contribution in [0.1, 0.15) is 38.7 Å². The van der Waals surface area contributed by atoms with Crippen LogP contribution in [0.2, 0.25) is 0 Å². The minimum Gasteiger partial charge on any atom is -0.314 e. The van der Waals surface area contributed by atoms with Crippen LogP contribution in [0, 0.1) is 0 Å². The topological polar surface area (TPSA) is 29.1 Å². The van der Waals surface area contributed by atoms with Gasteiger partial charge in [0.1, 0.15) is 0 Å². The Hall–Kier alpha value is -0.880. The lowest BCUT2D eigenvalue weighted by molar-refractivity contribution is -0.137. The molecule has 1 aromatic carbocycles. The molecular weight excluding hydrogens is 299 g/mol. The van der Waals surface area contributed by atoms with E-state index in [1.807, 2.05) is 0 Å². The van der Waals surface area contributed by atoms with Crippen LogP contribution in [0.3, 0.4) is 0 Å². The summed E-state index contributed by atoms with van der Waals surface area (Å²) in [4.78, 5) is 0.249. The van der Waals surface area contributed by atoms with Gasteiger partial charge >= 0.3 is 6.18 Å². The van der Waals surface area contributed by atoms with E-state index in [9.17, 15) is 17.4 Å². The molecule has 0 aliphatic carbocycles. The molecule has 0 amide bonds. The van der Waals surface area contributed by atoms with Crippen LogP contribution in [-0.2, 0) is 17.0 Å². The van der Waals surface area contributed by atoms with Gasteiger partial charge in [0.15, 0.2) is 0 Å². The number of benzene rings is 1. The molecule has 0 bridgehead atoms. The minimum absolute atomic E-state index is 0.249. The number of hydrogen-bond donors (Lipinski definition) is 1. The van der Waals surface area contributed by atoms with E-state index >= 15 is 0 Å². The Morgan fingerprint density at radius 3 is 2.67 bits per heavy atom. The third-order valence-electron chi connectivity index (χ3n) is 3.13. The largest absolute Gasteiger partial charge is 0.416 e. The molecule has 0 radical (unpaired) electrons. The summed E-state index contributed by atoms with van der Waals surface area (Å²) in [7, 11) is -1.38. The number of rotatable bonds is 8. The highest BCUT2D eigenvalue weighted by molar-refractivity contribution is 7.85. The van der Waals surface area contributed by atoms with Gasteiger partial charge in [-0.15, -0.1) is 0 Å². The van der Waals surface area contributed by atoms with Crippen molar-refractivity contribution in [3.05, 3.63) is 29.8 Å². The molecule has 21 heavy (non-hydrogen) atoms. The smallest absolute Gasteiger partial charge is 0.314 e. The summed E-state index contributed by atoms with van der Waals surface area (Å²) in [6, 6.07) is 5.11. The Balaban J connectivity index is 2.49. The molecule has 0 aromatic heterocycles. The fraction of sp³-hybridized carbons (Fsp3) is 0.600. The first-order valence-electron chi connectivity index (χ1n) is 7.13. The van der Waals surface area contributed by atoms with E-state index in [4.69, 9.17) is 0 Å². The zero-order valence-corrected chi connectivity index (χ0v) is 13.2. The first-order valence-corrected chi connectivity index (χ1v) is 8.45. The molecule has 1 N–H and O–H groups in total. The van der Waals surface area contributed by atoms with Crippen molar-refractivity contribution in [1.82, 2.24) is 5.32 Å². The third-order valence-corrected chi connectivity index (χ3v) is 4.57. The molecule has 0 spiro atoms. The Morgan fingerprint density at radius 1 is 1.33 bits per heavy atom. The maximum absolute atomic E-state index is 12.6. The third kappa shape index (κ3) is 6.61. The number of nitrogens with one attached hydrogen (secondary N) is 1. The second-order valence-corrected chi connectivity index (χ2v) is 6.64. The molecule has 2 nitrogen and oxygen atoms in total. The lowest BCUT2D eigenvalue weighted by Crippen LogP contribution is -2.26. The van der Waals surface area contributed by atoms with Crippen molar-refractivity contribution in [1.29, 1.82) is 0 Å².